The Balaban J connectivity index is 1.59. The minimum Gasteiger partial charge on any atom is -0.435 e. The van der Waals surface area contributed by atoms with Gasteiger partial charge in [-0.1, -0.05) is 0 Å². The first kappa shape index (κ1) is 17.3. The quantitative estimate of drug-likeness (QED) is 0.857. The van der Waals surface area contributed by atoms with Gasteiger partial charge in [0.05, 0.1) is 6.54 Å². The molecule has 1 aliphatic heterocycles. The smallest absolute Gasteiger partial charge is 0.387 e. The number of carbonyl (C=O) groups is 1. The number of amides is 1. The second-order valence-electron chi connectivity index (χ2n) is 5.67. The number of nitrogens with zero attached hydrogens (tertiary/aromatic N) is 3. The Morgan fingerprint density at radius 2 is 2.16 bits per heavy atom. The first-order valence-electron chi connectivity index (χ1n) is 7.82. The van der Waals surface area contributed by atoms with Crippen molar-refractivity contribution in [3.8, 4) is 5.75 Å². The fourth-order valence-electron chi connectivity index (χ4n) is 2.73. The van der Waals surface area contributed by atoms with E-state index in [0.29, 0.717) is 31.0 Å². The van der Waals surface area contributed by atoms with Gasteiger partial charge in [0.25, 0.3) is 5.91 Å². The minimum absolute atomic E-state index is 0.0159. The van der Waals surface area contributed by atoms with Crippen LogP contribution in [0.1, 0.15) is 28.4 Å². The molecule has 1 aliphatic rings. The van der Waals surface area contributed by atoms with Crippen LogP contribution in [-0.2, 0) is 24.3 Å². The number of rotatable bonds is 6. The van der Waals surface area contributed by atoms with Crippen molar-refractivity contribution < 1.29 is 23.0 Å². The molecule has 25 heavy (non-hydrogen) atoms. The van der Waals surface area contributed by atoms with E-state index < -0.39 is 6.61 Å². The maximum Gasteiger partial charge on any atom is 0.387 e. The average Bonchev–Trinajstić information content (AvgIpc) is 2.97. The molecule has 9 heteroatoms. The lowest BCUT2D eigenvalue weighted by atomic mass is 10.1. The molecule has 0 radical (unpaired) electrons. The zero-order valence-electron chi connectivity index (χ0n) is 13.6. The standard InChI is InChI=1S/C16H18F2N4O3/c1-24-9-13-20-14-7-4-11(8-22(14)21-13)19-15(23)10-2-5-12(6-3-10)25-16(17)18/h2-3,5-6,11,16H,4,7-9H2,1H3,(H,19,23). The highest BCUT2D eigenvalue weighted by Gasteiger charge is 2.23. The third-order valence-corrected chi connectivity index (χ3v) is 3.85. The predicted molar refractivity (Wildman–Crippen MR) is 83.4 cm³/mol. The normalized spacial score (nSPS) is 16.6. The lowest BCUT2D eigenvalue weighted by molar-refractivity contribution is -0.0498. The maximum absolute atomic E-state index is 12.3. The molecule has 1 amide bonds. The molecular formula is C16H18F2N4O3. The van der Waals surface area contributed by atoms with Gasteiger partial charge in [-0.25, -0.2) is 9.67 Å². The van der Waals surface area contributed by atoms with E-state index in [1.165, 1.54) is 24.3 Å². The summed E-state index contributed by atoms with van der Waals surface area (Å²) in [5.41, 5.74) is 0.381. The first-order chi connectivity index (χ1) is 12.0. The predicted octanol–water partition coefficient (Wildman–Crippen LogP) is 1.77. The summed E-state index contributed by atoms with van der Waals surface area (Å²) in [4.78, 5) is 16.7. The molecule has 1 atom stereocenters. The van der Waals surface area contributed by atoms with E-state index in [1.54, 1.807) is 11.8 Å². The molecule has 0 saturated carbocycles. The summed E-state index contributed by atoms with van der Waals surface area (Å²) in [6, 6.07) is 5.51. The van der Waals surface area contributed by atoms with E-state index in [1.807, 2.05) is 0 Å². The van der Waals surface area contributed by atoms with Crippen molar-refractivity contribution in [1.29, 1.82) is 0 Å². The molecule has 1 aromatic carbocycles. The number of carbonyl (C=O) groups excluding carboxylic acids is 1. The molecule has 2 aromatic rings. The SMILES string of the molecule is COCc1nc2n(n1)CC(NC(=O)c1ccc(OC(F)F)cc1)CC2. The van der Waals surface area contributed by atoms with Gasteiger partial charge in [0.15, 0.2) is 5.82 Å². The molecule has 3 rings (SSSR count). The van der Waals surface area contributed by atoms with Gasteiger partial charge in [-0.2, -0.15) is 13.9 Å². The van der Waals surface area contributed by atoms with Crippen LogP contribution in [0.5, 0.6) is 5.75 Å². The molecule has 0 bridgehead atoms. The summed E-state index contributed by atoms with van der Waals surface area (Å²) in [5, 5.41) is 7.28. The van der Waals surface area contributed by atoms with Gasteiger partial charge < -0.3 is 14.8 Å². The van der Waals surface area contributed by atoms with Gasteiger partial charge in [0.2, 0.25) is 0 Å². The van der Waals surface area contributed by atoms with Crippen molar-refractivity contribution in [2.75, 3.05) is 7.11 Å². The summed E-state index contributed by atoms with van der Waals surface area (Å²) < 4.78 is 35.3. The van der Waals surface area contributed by atoms with Gasteiger partial charge in [-0.05, 0) is 30.7 Å². The number of alkyl halides is 2. The number of benzene rings is 1. The lowest BCUT2D eigenvalue weighted by Crippen LogP contribution is -2.41. The second-order valence-corrected chi connectivity index (χ2v) is 5.67. The Morgan fingerprint density at radius 1 is 1.40 bits per heavy atom. The van der Waals surface area contributed by atoms with E-state index in [0.717, 1.165) is 12.2 Å². The Hall–Kier alpha value is -2.55. The van der Waals surface area contributed by atoms with E-state index in [4.69, 9.17) is 4.74 Å². The largest absolute Gasteiger partial charge is 0.435 e. The van der Waals surface area contributed by atoms with Crippen molar-refractivity contribution in [2.45, 2.75) is 38.6 Å². The highest BCUT2D eigenvalue weighted by Crippen LogP contribution is 2.17. The van der Waals surface area contributed by atoms with Gasteiger partial charge in [-0.15, -0.1) is 0 Å². The third-order valence-electron chi connectivity index (χ3n) is 3.85. The Labute approximate surface area is 142 Å². The molecule has 134 valence electrons. The third kappa shape index (κ3) is 4.30. The van der Waals surface area contributed by atoms with Crippen LogP contribution in [0.25, 0.3) is 0 Å². The fraction of sp³-hybridized carbons (Fsp3) is 0.438. The molecule has 0 saturated heterocycles. The Bertz CT molecular complexity index is 733. The molecule has 0 spiro atoms. The molecule has 1 N–H and O–H groups in total. The van der Waals surface area contributed by atoms with Crippen LogP contribution in [-0.4, -0.2) is 40.4 Å². The van der Waals surface area contributed by atoms with Gasteiger partial charge in [0.1, 0.15) is 18.2 Å². The number of hydrogen-bond acceptors (Lipinski definition) is 5. The number of hydrogen-bond donors (Lipinski definition) is 1. The molecule has 1 unspecified atom stereocenters. The van der Waals surface area contributed by atoms with E-state index in [9.17, 15) is 13.6 Å². The number of nitrogens with one attached hydrogen (secondary N) is 1. The molecule has 1 aromatic heterocycles. The van der Waals surface area contributed by atoms with Crippen LogP contribution in [0.3, 0.4) is 0 Å². The van der Waals surface area contributed by atoms with Crippen LogP contribution >= 0.6 is 0 Å². The maximum atomic E-state index is 12.3. The topological polar surface area (TPSA) is 78.3 Å². The Kier molecular flexibility index (Phi) is 5.22. The van der Waals surface area contributed by atoms with Crippen LogP contribution in [0.2, 0.25) is 0 Å². The molecule has 7 nitrogen and oxygen atoms in total. The zero-order chi connectivity index (χ0) is 17.8. The molecular weight excluding hydrogens is 334 g/mol. The highest BCUT2D eigenvalue weighted by atomic mass is 19.3. The number of fused-ring (bicyclic) bond motifs is 1. The monoisotopic (exact) mass is 352 g/mol. The molecule has 0 fully saturated rings. The zero-order valence-corrected chi connectivity index (χ0v) is 13.6. The summed E-state index contributed by atoms with van der Waals surface area (Å²) in [5.74, 6) is 1.25. The molecule has 0 aliphatic carbocycles. The summed E-state index contributed by atoms with van der Waals surface area (Å²) in [6.45, 7) is -2.00. The van der Waals surface area contributed by atoms with Crippen molar-refractivity contribution in [3.05, 3.63) is 41.5 Å². The summed E-state index contributed by atoms with van der Waals surface area (Å²) in [6.07, 6.45) is 1.46. The van der Waals surface area contributed by atoms with Crippen LogP contribution in [0, 0.1) is 0 Å². The number of methoxy groups -OCH3 is 1. The van der Waals surface area contributed by atoms with Crippen molar-refractivity contribution in [1.82, 2.24) is 20.1 Å². The first-order valence-corrected chi connectivity index (χ1v) is 7.82. The number of aromatic nitrogens is 3. The van der Waals surface area contributed by atoms with Crippen LogP contribution in [0.4, 0.5) is 8.78 Å². The van der Waals surface area contributed by atoms with Gasteiger partial charge >= 0.3 is 6.61 Å². The van der Waals surface area contributed by atoms with Crippen molar-refractivity contribution in [2.24, 2.45) is 0 Å². The van der Waals surface area contributed by atoms with Gasteiger partial charge in [-0.3, -0.25) is 4.79 Å². The van der Waals surface area contributed by atoms with Crippen LogP contribution in [0.15, 0.2) is 24.3 Å². The Morgan fingerprint density at radius 3 is 2.84 bits per heavy atom. The summed E-state index contributed by atoms with van der Waals surface area (Å²) in [7, 11) is 1.58. The second kappa shape index (κ2) is 7.56. The van der Waals surface area contributed by atoms with Crippen molar-refractivity contribution >= 4 is 5.91 Å². The number of ether oxygens (including phenoxy) is 2. The van der Waals surface area contributed by atoms with E-state index >= 15 is 0 Å². The highest BCUT2D eigenvalue weighted by molar-refractivity contribution is 5.94. The minimum atomic E-state index is -2.89. The van der Waals surface area contributed by atoms with E-state index in [-0.39, 0.29) is 17.7 Å². The van der Waals surface area contributed by atoms with Crippen LogP contribution < -0.4 is 10.1 Å². The van der Waals surface area contributed by atoms with Gasteiger partial charge in [0, 0.05) is 25.1 Å². The average molecular weight is 352 g/mol. The fourth-order valence-corrected chi connectivity index (χ4v) is 2.73. The number of halogens is 2. The van der Waals surface area contributed by atoms with E-state index in [2.05, 4.69) is 20.1 Å². The summed E-state index contributed by atoms with van der Waals surface area (Å²) >= 11 is 0. The molecule has 2 heterocycles. The number of aryl methyl sites for hydroxylation is 1. The van der Waals surface area contributed by atoms with Crippen molar-refractivity contribution in [3.63, 3.8) is 0 Å². The lowest BCUT2D eigenvalue weighted by Gasteiger charge is -2.23.